The van der Waals surface area contributed by atoms with Crippen molar-refractivity contribution >= 4 is 22.6 Å². The summed E-state index contributed by atoms with van der Waals surface area (Å²) < 4.78 is 5.44. The number of aromatic nitrogens is 2. The van der Waals surface area contributed by atoms with Gasteiger partial charge in [-0.15, -0.1) is 0 Å². The van der Waals surface area contributed by atoms with E-state index in [4.69, 9.17) is 4.74 Å². The molecule has 3 aromatic rings. The van der Waals surface area contributed by atoms with Crippen molar-refractivity contribution in [2.24, 2.45) is 0 Å². The van der Waals surface area contributed by atoms with Crippen molar-refractivity contribution in [1.29, 1.82) is 0 Å². The zero-order chi connectivity index (χ0) is 14.7. The van der Waals surface area contributed by atoms with Crippen LogP contribution < -0.4 is 10.1 Å². The normalized spacial score (nSPS) is 10.5. The molecule has 0 radical (unpaired) electrons. The lowest BCUT2D eigenvalue weighted by Crippen LogP contribution is -2.20. The molecule has 0 aliphatic heterocycles. The predicted molar refractivity (Wildman–Crippen MR) is 81.4 cm³/mol. The Morgan fingerprint density at radius 3 is 2.86 bits per heavy atom. The fourth-order valence-corrected chi connectivity index (χ4v) is 1.99. The summed E-state index contributed by atoms with van der Waals surface area (Å²) >= 11 is 0. The summed E-state index contributed by atoms with van der Waals surface area (Å²) in [5.41, 5.74) is 3.61. The summed E-state index contributed by atoms with van der Waals surface area (Å²) in [5.74, 6) is 0.481. The highest BCUT2D eigenvalue weighted by atomic mass is 16.5. The van der Waals surface area contributed by atoms with Crippen LogP contribution >= 0.6 is 0 Å². The number of hydrogen-bond donors (Lipinski definition) is 2. The number of H-pyrrole nitrogens is 1. The maximum absolute atomic E-state index is 11.9. The summed E-state index contributed by atoms with van der Waals surface area (Å²) in [6, 6.07) is 13.1. The first-order valence-electron chi connectivity index (χ1n) is 6.63. The molecule has 106 valence electrons. The molecule has 5 nitrogen and oxygen atoms in total. The Morgan fingerprint density at radius 1 is 1.24 bits per heavy atom. The summed E-state index contributed by atoms with van der Waals surface area (Å²) in [6.07, 6.45) is 1.62. The van der Waals surface area contributed by atoms with Crippen molar-refractivity contribution < 1.29 is 9.53 Å². The third-order valence-electron chi connectivity index (χ3n) is 3.09. The van der Waals surface area contributed by atoms with Gasteiger partial charge in [-0.3, -0.25) is 4.79 Å². The van der Waals surface area contributed by atoms with Crippen molar-refractivity contribution in [3.05, 3.63) is 54.4 Å². The van der Waals surface area contributed by atoms with Crippen LogP contribution in [0.25, 0.3) is 11.0 Å². The number of carbonyl (C=O) groups is 1. The van der Waals surface area contributed by atoms with Crippen LogP contribution in [0.1, 0.15) is 5.56 Å². The Bertz CT molecular complexity index is 763. The summed E-state index contributed by atoms with van der Waals surface area (Å²) in [5, 5.41) is 2.79. The molecule has 0 spiro atoms. The second kappa shape index (κ2) is 5.66. The minimum Gasteiger partial charge on any atom is -0.484 e. The average Bonchev–Trinajstić information content (AvgIpc) is 2.94. The second-order valence-corrected chi connectivity index (χ2v) is 4.78. The molecular weight excluding hydrogens is 266 g/mol. The van der Waals surface area contributed by atoms with Gasteiger partial charge in [0.05, 0.1) is 17.4 Å². The second-order valence-electron chi connectivity index (χ2n) is 4.78. The smallest absolute Gasteiger partial charge is 0.262 e. The van der Waals surface area contributed by atoms with Crippen molar-refractivity contribution in [2.75, 3.05) is 11.9 Å². The topological polar surface area (TPSA) is 67.0 Å². The maximum atomic E-state index is 11.9. The minimum atomic E-state index is -0.200. The molecule has 2 aromatic carbocycles. The number of hydrogen-bond acceptors (Lipinski definition) is 3. The molecular formula is C16H15N3O2. The Labute approximate surface area is 122 Å². The van der Waals surface area contributed by atoms with E-state index in [2.05, 4.69) is 15.3 Å². The number of aromatic amines is 1. The van der Waals surface area contributed by atoms with E-state index in [9.17, 15) is 4.79 Å². The van der Waals surface area contributed by atoms with Crippen molar-refractivity contribution in [3.8, 4) is 5.75 Å². The maximum Gasteiger partial charge on any atom is 0.262 e. The fourth-order valence-electron chi connectivity index (χ4n) is 1.99. The number of nitrogens with zero attached hydrogens (tertiary/aromatic N) is 1. The zero-order valence-corrected chi connectivity index (χ0v) is 11.6. The third-order valence-corrected chi connectivity index (χ3v) is 3.09. The first-order valence-corrected chi connectivity index (χ1v) is 6.63. The Morgan fingerprint density at radius 2 is 2.05 bits per heavy atom. The van der Waals surface area contributed by atoms with Gasteiger partial charge in [0.15, 0.2) is 6.61 Å². The minimum absolute atomic E-state index is 0.0237. The Kier molecular flexibility index (Phi) is 3.55. The van der Waals surface area contributed by atoms with E-state index in [-0.39, 0.29) is 12.5 Å². The molecule has 0 saturated carbocycles. The highest BCUT2D eigenvalue weighted by molar-refractivity contribution is 5.93. The van der Waals surface area contributed by atoms with E-state index >= 15 is 0 Å². The van der Waals surface area contributed by atoms with Crippen LogP contribution in [0, 0.1) is 6.92 Å². The summed E-state index contributed by atoms with van der Waals surface area (Å²) in [4.78, 5) is 19.0. The van der Waals surface area contributed by atoms with Gasteiger partial charge < -0.3 is 15.0 Å². The molecule has 0 atom stereocenters. The van der Waals surface area contributed by atoms with Crippen LogP contribution in [0.4, 0.5) is 5.69 Å². The molecule has 2 N–H and O–H groups in total. The summed E-state index contributed by atoms with van der Waals surface area (Å²) in [6.45, 7) is 1.98. The highest BCUT2D eigenvalue weighted by Crippen LogP contribution is 2.16. The van der Waals surface area contributed by atoms with Gasteiger partial charge >= 0.3 is 0 Å². The van der Waals surface area contributed by atoms with Gasteiger partial charge in [-0.05, 0) is 37.3 Å². The van der Waals surface area contributed by atoms with Crippen LogP contribution in [-0.2, 0) is 4.79 Å². The molecule has 0 aliphatic rings. The van der Waals surface area contributed by atoms with E-state index in [0.29, 0.717) is 11.4 Å². The SMILES string of the molecule is Cc1ccc(OCC(=O)Nc2ccc3nc[nH]c3c2)cc1. The Balaban J connectivity index is 1.59. The van der Waals surface area contributed by atoms with Gasteiger partial charge in [0.25, 0.3) is 5.91 Å². The van der Waals surface area contributed by atoms with Crippen molar-refractivity contribution in [1.82, 2.24) is 9.97 Å². The van der Waals surface area contributed by atoms with Gasteiger partial charge in [-0.1, -0.05) is 17.7 Å². The fraction of sp³-hybridized carbons (Fsp3) is 0.125. The molecule has 1 aromatic heterocycles. The first kappa shape index (κ1) is 13.2. The highest BCUT2D eigenvalue weighted by Gasteiger charge is 2.05. The number of rotatable bonds is 4. The van der Waals surface area contributed by atoms with Gasteiger partial charge in [0.2, 0.25) is 0 Å². The molecule has 5 heteroatoms. The molecule has 1 amide bonds. The number of ether oxygens (including phenoxy) is 1. The van der Waals surface area contributed by atoms with Crippen LogP contribution in [0.2, 0.25) is 0 Å². The molecule has 3 rings (SSSR count). The van der Waals surface area contributed by atoms with Crippen LogP contribution in [0.3, 0.4) is 0 Å². The first-order chi connectivity index (χ1) is 10.2. The lowest BCUT2D eigenvalue weighted by Gasteiger charge is -2.07. The van der Waals surface area contributed by atoms with Gasteiger partial charge in [0, 0.05) is 5.69 Å². The van der Waals surface area contributed by atoms with Crippen molar-refractivity contribution in [3.63, 3.8) is 0 Å². The molecule has 0 saturated heterocycles. The largest absolute Gasteiger partial charge is 0.484 e. The lowest BCUT2D eigenvalue weighted by atomic mass is 10.2. The van der Waals surface area contributed by atoms with Gasteiger partial charge in [-0.25, -0.2) is 4.98 Å². The number of aryl methyl sites for hydroxylation is 1. The molecule has 0 fully saturated rings. The van der Waals surface area contributed by atoms with E-state index in [1.54, 1.807) is 6.33 Å². The molecule has 0 unspecified atom stereocenters. The quantitative estimate of drug-likeness (QED) is 0.772. The van der Waals surface area contributed by atoms with E-state index < -0.39 is 0 Å². The lowest BCUT2D eigenvalue weighted by molar-refractivity contribution is -0.118. The molecule has 0 bridgehead atoms. The van der Waals surface area contributed by atoms with E-state index in [1.165, 1.54) is 0 Å². The van der Waals surface area contributed by atoms with Crippen LogP contribution in [0.15, 0.2) is 48.8 Å². The zero-order valence-electron chi connectivity index (χ0n) is 11.6. The average molecular weight is 281 g/mol. The predicted octanol–water partition coefficient (Wildman–Crippen LogP) is 2.89. The number of nitrogens with one attached hydrogen (secondary N) is 2. The van der Waals surface area contributed by atoms with Gasteiger partial charge in [0.1, 0.15) is 5.75 Å². The summed E-state index contributed by atoms with van der Waals surface area (Å²) in [7, 11) is 0. The third kappa shape index (κ3) is 3.20. The van der Waals surface area contributed by atoms with E-state index in [1.807, 2.05) is 49.4 Å². The number of anilines is 1. The number of fused-ring (bicyclic) bond motifs is 1. The number of carbonyl (C=O) groups excluding carboxylic acids is 1. The van der Waals surface area contributed by atoms with Crippen LogP contribution in [0.5, 0.6) is 5.75 Å². The molecule has 1 heterocycles. The molecule has 0 aliphatic carbocycles. The van der Waals surface area contributed by atoms with Crippen LogP contribution in [-0.4, -0.2) is 22.5 Å². The van der Waals surface area contributed by atoms with Gasteiger partial charge in [-0.2, -0.15) is 0 Å². The standard InChI is InChI=1S/C16H15N3O2/c1-11-2-5-13(6-3-11)21-9-16(20)19-12-4-7-14-15(8-12)18-10-17-14/h2-8,10H,9H2,1H3,(H,17,18)(H,19,20). The number of benzene rings is 2. The molecule has 21 heavy (non-hydrogen) atoms. The Hall–Kier alpha value is -2.82. The number of imidazole rings is 1. The van der Waals surface area contributed by atoms with E-state index in [0.717, 1.165) is 16.6 Å². The monoisotopic (exact) mass is 281 g/mol. The van der Waals surface area contributed by atoms with Crippen molar-refractivity contribution in [2.45, 2.75) is 6.92 Å². The number of amides is 1.